The maximum Gasteiger partial charge on any atom is 0.243 e. The Morgan fingerprint density at radius 3 is 2.82 bits per heavy atom. The minimum atomic E-state index is -0.241. The van der Waals surface area contributed by atoms with E-state index in [-0.39, 0.29) is 17.9 Å². The van der Waals surface area contributed by atoms with Crippen LogP contribution < -0.4 is 10.6 Å². The highest BCUT2D eigenvalue weighted by Crippen LogP contribution is 2.04. The number of carbonyl (C=O) groups is 2. The Labute approximate surface area is 99.6 Å². The second-order valence-electron chi connectivity index (χ2n) is 4.06. The summed E-state index contributed by atoms with van der Waals surface area (Å²) >= 11 is 0. The van der Waals surface area contributed by atoms with Crippen molar-refractivity contribution in [3.8, 4) is 0 Å². The number of nitrogens with one attached hydrogen (secondary N) is 2. The van der Waals surface area contributed by atoms with E-state index >= 15 is 0 Å². The second-order valence-corrected chi connectivity index (χ2v) is 4.06. The molecule has 0 spiro atoms. The standard InChI is InChI=1S/C12H15N3O2/c16-11-2-1-10(12(17)15-11)14-8-5-9-3-6-13-7-4-9/h3-4,6-7,10,14H,1-2,5,8H2,(H,15,16,17). The summed E-state index contributed by atoms with van der Waals surface area (Å²) in [6.45, 7) is 0.719. The van der Waals surface area contributed by atoms with Gasteiger partial charge in [0, 0.05) is 18.8 Å². The van der Waals surface area contributed by atoms with Crippen molar-refractivity contribution in [1.82, 2.24) is 15.6 Å². The summed E-state index contributed by atoms with van der Waals surface area (Å²) in [5, 5.41) is 5.48. The van der Waals surface area contributed by atoms with Crippen LogP contribution in [-0.4, -0.2) is 29.4 Å². The van der Waals surface area contributed by atoms with Crippen LogP contribution in [0.4, 0.5) is 0 Å². The van der Waals surface area contributed by atoms with Crippen LogP contribution in [0.5, 0.6) is 0 Å². The van der Waals surface area contributed by atoms with E-state index in [0.717, 1.165) is 13.0 Å². The van der Waals surface area contributed by atoms with Crippen LogP contribution in [0, 0.1) is 0 Å². The maximum absolute atomic E-state index is 11.4. The fourth-order valence-electron chi connectivity index (χ4n) is 1.83. The van der Waals surface area contributed by atoms with Gasteiger partial charge in [-0.1, -0.05) is 0 Å². The molecule has 1 fully saturated rings. The van der Waals surface area contributed by atoms with Crippen molar-refractivity contribution < 1.29 is 9.59 Å². The second kappa shape index (κ2) is 5.54. The SMILES string of the molecule is O=C1CCC(NCCc2ccncc2)C(=O)N1. The zero-order valence-corrected chi connectivity index (χ0v) is 9.48. The number of pyridine rings is 1. The van der Waals surface area contributed by atoms with Gasteiger partial charge in [-0.25, -0.2) is 0 Å². The van der Waals surface area contributed by atoms with E-state index in [0.29, 0.717) is 12.8 Å². The van der Waals surface area contributed by atoms with E-state index in [2.05, 4.69) is 15.6 Å². The largest absolute Gasteiger partial charge is 0.306 e. The highest BCUT2D eigenvalue weighted by molar-refractivity contribution is 6.00. The van der Waals surface area contributed by atoms with E-state index in [1.165, 1.54) is 5.56 Å². The first-order chi connectivity index (χ1) is 8.25. The maximum atomic E-state index is 11.4. The van der Waals surface area contributed by atoms with Crippen LogP contribution in [-0.2, 0) is 16.0 Å². The van der Waals surface area contributed by atoms with Gasteiger partial charge in [-0.3, -0.25) is 19.9 Å². The Kier molecular flexibility index (Phi) is 3.82. The van der Waals surface area contributed by atoms with E-state index in [1.807, 2.05) is 12.1 Å². The Hall–Kier alpha value is -1.75. The molecule has 5 nitrogen and oxygen atoms in total. The lowest BCUT2D eigenvalue weighted by molar-refractivity contribution is -0.134. The van der Waals surface area contributed by atoms with Gasteiger partial charge >= 0.3 is 0 Å². The molecule has 2 amide bonds. The monoisotopic (exact) mass is 233 g/mol. The first-order valence-electron chi connectivity index (χ1n) is 5.71. The molecule has 0 radical (unpaired) electrons. The molecule has 1 aliphatic rings. The zero-order valence-electron chi connectivity index (χ0n) is 9.48. The summed E-state index contributed by atoms with van der Waals surface area (Å²) in [5.74, 6) is -0.391. The smallest absolute Gasteiger partial charge is 0.243 e. The first kappa shape index (κ1) is 11.7. The molecule has 2 rings (SSSR count). The van der Waals surface area contributed by atoms with Gasteiger partial charge in [-0.05, 0) is 37.1 Å². The van der Waals surface area contributed by atoms with Gasteiger partial charge in [0.05, 0.1) is 6.04 Å². The van der Waals surface area contributed by atoms with E-state index in [1.54, 1.807) is 12.4 Å². The molecule has 90 valence electrons. The molecule has 2 N–H and O–H groups in total. The molecule has 1 aromatic heterocycles. The summed E-state index contributed by atoms with van der Waals surface area (Å²) in [5.41, 5.74) is 1.18. The molecule has 0 aliphatic carbocycles. The van der Waals surface area contributed by atoms with E-state index in [9.17, 15) is 9.59 Å². The highest BCUT2D eigenvalue weighted by atomic mass is 16.2. The molecular formula is C12H15N3O2. The van der Waals surface area contributed by atoms with Crippen molar-refractivity contribution in [1.29, 1.82) is 0 Å². The lowest BCUT2D eigenvalue weighted by Gasteiger charge is -2.21. The molecule has 0 aromatic carbocycles. The van der Waals surface area contributed by atoms with Crippen LogP contribution in [0.1, 0.15) is 18.4 Å². The number of aromatic nitrogens is 1. The van der Waals surface area contributed by atoms with Gasteiger partial charge in [0.25, 0.3) is 0 Å². The summed E-state index contributed by atoms with van der Waals surface area (Å²) in [6, 6.07) is 3.66. The number of piperidine rings is 1. The quantitative estimate of drug-likeness (QED) is 0.719. The molecule has 1 atom stereocenters. The van der Waals surface area contributed by atoms with Gasteiger partial charge in [-0.2, -0.15) is 0 Å². The average molecular weight is 233 g/mol. The minimum Gasteiger partial charge on any atom is -0.306 e. The van der Waals surface area contributed by atoms with Crippen molar-refractivity contribution in [3.05, 3.63) is 30.1 Å². The van der Waals surface area contributed by atoms with Crippen LogP contribution in [0.25, 0.3) is 0 Å². The molecule has 2 heterocycles. The summed E-state index contributed by atoms with van der Waals surface area (Å²) in [4.78, 5) is 26.3. The van der Waals surface area contributed by atoms with Gasteiger partial charge in [0.1, 0.15) is 0 Å². The van der Waals surface area contributed by atoms with Gasteiger partial charge in [0.2, 0.25) is 11.8 Å². The lowest BCUT2D eigenvalue weighted by atomic mass is 10.1. The Balaban J connectivity index is 1.75. The molecular weight excluding hydrogens is 218 g/mol. The number of hydrogen-bond acceptors (Lipinski definition) is 4. The third-order valence-corrected chi connectivity index (χ3v) is 2.79. The third kappa shape index (κ3) is 3.35. The van der Waals surface area contributed by atoms with E-state index < -0.39 is 0 Å². The highest BCUT2D eigenvalue weighted by Gasteiger charge is 2.25. The topological polar surface area (TPSA) is 71.1 Å². The number of amides is 2. The molecule has 5 heteroatoms. The molecule has 0 saturated carbocycles. The number of hydrogen-bond donors (Lipinski definition) is 2. The molecule has 1 saturated heterocycles. The number of carbonyl (C=O) groups excluding carboxylic acids is 2. The van der Waals surface area contributed by atoms with Crippen LogP contribution in [0.3, 0.4) is 0 Å². The zero-order chi connectivity index (χ0) is 12.1. The Morgan fingerprint density at radius 1 is 1.35 bits per heavy atom. The van der Waals surface area contributed by atoms with Crippen LogP contribution in [0.2, 0.25) is 0 Å². The van der Waals surface area contributed by atoms with Crippen LogP contribution in [0.15, 0.2) is 24.5 Å². The molecule has 0 bridgehead atoms. The molecule has 1 aromatic rings. The van der Waals surface area contributed by atoms with Gasteiger partial charge in [0.15, 0.2) is 0 Å². The van der Waals surface area contributed by atoms with Crippen molar-refractivity contribution >= 4 is 11.8 Å². The van der Waals surface area contributed by atoms with Gasteiger partial charge < -0.3 is 5.32 Å². The molecule has 1 aliphatic heterocycles. The number of imide groups is 1. The Morgan fingerprint density at radius 2 is 2.12 bits per heavy atom. The predicted molar refractivity (Wildman–Crippen MR) is 62.1 cm³/mol. The van der Waals surface area contributed by atoms with Crippen molar-refractivity contribution in [3.63, 3.8) is 0 Å². The fraction of sp³-hybridized carbons (Fsp3) is 0.417. The van der Waals surface area contributed by atoms with Crippen molar-refractivity contribution in [2.45, 2.75) is 25.3 Å². The third-order valence-electron chi connectivity index (χ3n) is 2.79. The fourth-order valence-corrected chi connectivity index (χ4v) is 1.83. The minimum absolute atomic E-state index is 0.179. The predicted octanol–water partition coefficient (Wildman–Crippen LogP) is 0.0189. The summed E-state index contributed by atoms with van der Waals surface area (Å²) in [6.07, 6.45) is 5.35. The first-order valence-corrected chi connectivity index (χ1v) is 5.71. The molecule has 17 heavy (non-hydrogen) atoms. The van der Waals surface area contributed by atoms with E-state index in [4.69, 9.17) is 0 Å². The average Bonchev–Trinajstić information content (AvgIpc) is 2.33. The van der Waals surface area contributed by atoms with Gasteiger partial charge in [-0.15, -0.1) is 0 Å². The summed E-state index contributed by atoms with van der Waals surface area (Å²) in [7, 11) is 0. The van der Waals surface area contributed by atoms with Crippen LogP contribution >= 0.6 is 0 Å². The van der Waals surface area contributed by atoms with Crippen molar-refractivity contribution in [2.24, 2.45) is 0 Å². The summed E-state index contributed by atoms with van der Waals surface area (Å²) < 4.78 is 0. The Bertz CT molecular complexity index is 405. The number of rotatable bonds is 4. The lowest BCUT2D eigenvalue weighted by Crippen LogP contribution is -2.51. The van der Waals surface area contributed by atoms with Crippen molar-refractivity contribution in [2.75, 3.05) is 6.54 Å². The molecule has 1 unspecified atom stereocenters. The number of nitrogens with zero attached hydrogens (tertiary/aromatic N) is 1. The normalized spacial score (nSPS) is 20.1.